The number of nitrogen functional groups attached to an aromatic ring is 1. The van der Waals surface area contributed by atoms with Crippen molar-refractivity contribution in [3.05, 3.63) is 139 Å². The van der Waals surface area contributed by atoms with E-state index < -0.39 is 11.9 Å². The molecule has 0 radical (unpaired) electrons. The number of benzene rings is 3. The average Bonchev–Trinajstić information content (AvgIpc) is 3.62. The highest BCUT2D eigenvalue weighted by Gasteiger charge is 2.19. The molecule has 2 aromatic heterocycles. The summed E-state index contributed by atoms with van der Waals surface area (Å²) in [6.45, 7) is 0.835. The number of nitrogens with one attached hydrogen (secondary N) is 3. The fourth-order valence-electron chi connectivity index (χ4n) is 3.97. The minimum Gasteiger partial charge on any atom is -0.465 e. The monoisotopic (exact) mass is 694 g/mol. The summed E-state index contributed by atoms with van der Waals surface area (Å²) < 4.78 is 5.54. The molecule has 0 saturated heterocycles. The second kappa shape index (κ2) is 16.6. The first kappa shape index (κ1) is 34.2. The first-order valence-electron chi connectivity index (χ1n) is 13.6. The molecule has 0 bridgehead atoms. The molecule has 13 heteroatoms. The van der Waals surface area contributed by atoms with Gasteiger partial charge < -0.3 is 26.4 Å². The minimum atomic E-state index is -0.487. The van der Waals surface area contributed by atoms with Gasteiger partial charge in [-0.25, -0.2) is 4.79 Å². The molecule has 0 aliphatic heterocycles. The second-order valence-electron chi connectivity index (χ2n) is 9.48. The normalized spacial score (nSPS) is 10.2. The van der Waals surface area contributed by atoms with Crippen LogP contribution in [0, 0.1) is 0 Å². The van der Waals surface area contributed by atoms with Gasteiger partial charge in [0, 0.05) is 18.7 Å². The largest absolute Gasteiger partial charge is 0.465 e. The Balaban J connectivity index is 0.000000240. The molecule has 3 aromatic carbocycles. The van der Waals surface area contributed by atoms with Gasteiger partial charge in [-0.05, 0) is 47.5 Å². The predicted molar refractivity (Wildman–Crippen MR) is 184 cm³/mol. The van der Waals surface area contributed by atoms with E-state index in [1.807, 2.05) is 60.7 Å². The highest BCUT2D eigenvalue weighted by molar-refractivity contribution is 7.20. The number of thiophene rings is 2. The summed E-state index contributed by atoms with van der Waals surface area (Å²) in [5, 5.41) is 9.12. The molecular formula is C33H28Cl2N4O5S2. The molecular weight excluding hydrogens is 667 g/mol. The van der Waals surface area contributed by atoms with Crippen molar-refractivity contribution < 1.29 is 23.9 Å². The van der Waals surface area contributed by atoms with Crippen molar-refractivity contribution >= 4 is 79.6 Å². The van der Waals surface area contributed by atoms with Crippen LogP contribution in [0.1, 0.15) is 52.6 Å². The molecule has 5 rings (SSSR count). The van der Waals surface area contributed by atoms with Crippen molar-refractivity contribution in [3.63, 3.8) is 0 Å². The number of ether oxygens (including phenoxy) is 1. The van der Waals surface area contributed by atoms with E-state index in [9.17, 15) is 19.2 Å². The third kappa shape index (κ3) is 9.66. The Kier molecular flexibility index (Phi) is 12.3. The molecule has 2 heterocycles. The number of halogens is 2. The molecule has 236 valence electrons. The lowest BCUT2D eigenvalue weighted by Gasteiger charge is -2.08. The number of rotatable bonds is 9. The van der Waals surface area contributed by atoms with E-state index in [1.54, 1.807) is 6.07 Å². The first-order valence-corrected chi connectivity index (χ1v) is 16.0. The third-order valence-electron chi connectivity index (χ3n) is 6.31. The smallest absolute Gasteiger partial charge is 0.337 e. The molecule has 0 saturated carbocycles. The van der Waals surface area contributed by atoms with Crippen LogP contribution in [-0.4, -0.2) is 30.8 Å². The summed E-state index contributed by atoms with van der Waals surface area (Å²) in [7, 11) is 1.29. The number of carbonyl (C=O) groups excluding carboxylic acids is 4. The number of nitrogens with two attached hydrogens (primary N) is 1. The summed E-state index contributed by atoms with van der Waals surface area (Å²) in [5.74, 6) is -1.45. The Morgan fingerprint density at radius 3 is 1.65 bits per heavy atom. The van der Waals surface area contributed by atoms with Gasteiger partial charge >= 0.3 is 5.97 Å². The van der Waals surface area contributed by atoms with E-state index in [0.29, 0.717) is 48.5 Å². The summed E-state index contributed by atoms with van der Waals surface area (Å²) in [6, 6.07) is 28.3. The fourth-order valence-corrected chi connectivity index (χ4v) is 6.10. The van der Waals surface area contributed by atoms with Crippen molar-refractivity contribution in [2.24, 2.45) is 0 Å². The third-order valence-corrected chi connectivity index (χ3v) is 8.58. The predicted octanol–water partition coefficient (Wildman–Crippen LogP) is 7.28. The Morgan fingerprint density at radius 2 is 1.15 bits per heavy atom. The average molecular weight is 696 g/mol. The van der Waals surface area contributed by atoms with Gasteiger partial charge in [0.1, 0.15) is 10.0 Å². The van der Waals surface area contributed by atoms with E-state index >= 15 is 0 Å². The fraction of sp³-hybridized carbons (Fsp3) is 0.0909. The molecule has 0 spiro atoms. The quantitative estimate of drug-likeness (QED) is 0.120. The standard InChI is InChI=1S/C21H17ClN2O4S.C12H11ClN2OS/c1-28-21(27)15-9-7-14(8-10-15)18(25)24-20-16(11-17(22)29-20)19(26)23-12-13-5-3-2-4-6-13;13-10-6-9(11(14)17-10)12(16)15-7-8-4-2-1-3-5-8/h2-11H,12H2,1H3,(H,23,26)(H,24,25);1-6H,7,14H2,(H,15,16). The van der Waals surface area contributed by atoms with Gasteiger partial charge in [-0.3, -0.25) is 14.4 Å². The molecule has 0 fully saturated rings. The molecule has 46 heavy (non-hydrogen) atoms. The van der Waals surface area contributed by atoms with E-state index in [-0.39, 0.29) is 17.4 Å². The van der Waals surface area contributed by atoms with Crippen molar-refractivity contribution in [3.8, 4) is 0 Å². The van der Waals surface area contributed by atoms with Crippen LogP contribution in [0.2, 0.25) is 8.67 Å². The summed E-state index contributed by atoms with van der Waals surface area (Å²) in [6.07, 6.45) is 0. The number of hydrogen-bond acceptors (Lipinski definition) is 8. The summed E-state index contributed by atoms with van der Waals surface area (Å²) in [4.78, 5) is 48.4. The second-order valence-corrected chi connectivity index (χ2v) is 12.9. The van der Waals surface area contributed by atoms with Gasteiger partial charge in [0.2, 0.25) is 0 Å². The van der Waals surface area contributed by atoms with Gasteiger partial charge in [-0.2, -0.15) is 0 Å². The summed E-state index contributed by atoms with van der Waals surface area (Å²) in [5.41, 5.74) is 9.08. The van der Waals surface area contributed by atoms with Crippen LogP contribution in [0.3, 0.4) is 0 Å². The molecule has 5 N–H and O–H groups in total. The zero-order valence-corrected chi connectivity index (χ0v) is 27.5. The molecule has 0 atom stereocenters. The van der Waals surface area contributed by atoms with Gasteiger partial charge in [-0.1, -0.05) is 83.9 Å². The molecule has 3 amide bonds. The van der Waals surface area contributed by atoms with Gasteiger partial charge in [-0.15, -0.1) is 22.7 Å². The van der Waals surface area contributed by atoms with Crippen LogP contribution in [0.5, 0.6) is 0 Å². The Morgan fingerprint density at radius 1 is 0.674 bits per heavy atom. The van der Waals surface area contributed by atoms with Crippen molar-refractivity contribution in [1.82, 2.24) is 10.6 Å². The van der Waals surface area contributed by atoms with Crippen LogP contribution in [0.4, 0.5) is 10.0 Å². The van der Waals surface area contributed by atoms with Crippen LogP contribution in [0.25, 0.3) is 0 Å². The minimum absolute atomic E-state index is 0.200. The molecule has 0 aliphatic rings. The summed E-state index contributed by atoms with van der Waals surface area (Å²) >= 11 is 14.1. The van der Waals surface area contributed by atoms with Crippen LogP contribution < -0.4 is 21.7 Å². The van der Waals surface area contributed by atoms with E-state index in [0.717, 1.165) is 22.5 Å². The number of methoxy groups -OCH3 is 1. The van der Waals surface area contributed by atoms with E-state index in [2.05, 4.69) is 20.7 Å². The molecule has 0 aliphatic carbocycles. The Bertz CT molecular complexity index is 1810. The number of hydrogen-bond donors (Lipinski definition) is 4. The zero-order chi connectivity index (χ0) is 33.1. The number of esters is 1. The maximum absolute atomic E-state index is 12.6. The Hall–Kier alpha value is -4.68. The lowest BCUT2D eigenvalue weighted by molar-refractivity contribution is 0.0600. The number of anilines is 2. The van der Waals surface area contributed by atoms with Crippen molar-refractivity contribution in [2.75, 3.05) is 18.2 Å². The molecule has 5 aromatic rings. The highest BCUT2D eigenvalue weighted by atomic mass is 35.5. The zero-order valence-electron chi connectivity index (χ0n) is 24.3. The van der Waals surface area contributed by atoms with Crippen LogP contribution in [0.15, 0.2) is 97.1 Å². The topological polar surface area (TPSA) is 140 Å². The SMILES string of the molecule is COC(=O)c1ccc(C(=O)Nc2sc(Cl)cc2C(=O)NCc2ccccc2)cc1.Nc1sc(Cl)cc1C(=O)NCc1ccccc1. The molecule has 0 unspecified atom stereocenters. The van der Waals surface area contributed by atoms with Crippen molar-refractivity contribution in [1.29, 1.82) is 0 Å². The maximum atomic E-state index is 12.6. The van der Waals surface area contributed by atoms with Gasteiger partial charge in [0.25, 0.3) is 17.7 Å². The maximum Gasteiger partial charge on any atom is 0.337 e. The first-order chi connectivity index (χ1) is 22.1. The van der Waals surface area contributed by atoms with Crippen molar-refractivity contribution in [2.45, 2.75) is 13.1 Å². The lowest BCUT2D eigenvalue weighted by atomic mass is 10.1. The highest BCUT2D eigenvalue weighted by Crippen LogP contribution is 2.32. The molecule has 9 nitrogen and oxygen atoms in total. The van der Waals surface area contributed by atoms with E-state index in [4.69, 9.17) is 28.9 Å². The number of carbonyl (C=O) groups is 4. The lowest BCUT2D eigenvalue weighted by Crippen LogP contribution is -2.24. The Labute approximate surface area is 283 Å². The van der Waals surface area contributed by atoms with Crippen LogP contribution in [-0.2, 0) is 17.8 Å². The van der Waals surface area contributed by atoms with E-state index in [1.165, 1.54) is 48.8 Å². The van der Waals surface area contributed by atoms with Gasteiger partial charge in [0.15, 0.2) is 0 Å². The number of amides is 3. The van der Waals surface area contributed by atoms with Crippen LogP contribution >= 0.6 is 45.9 Å². The van der Waals surface area contributed by atoms with Gasteiger partial charge in [0.05, 0.1) is 32.5 Å².